The van der Waals surface area contributed by atoms with E-state index in [4.69, 9.17) is 4.98 Å². The minimum Gasteiger partial charge on any atom is -0.338 e. The summed E-state index contributed by atoms with van der Waals surface area (Å²) < 4.78 is 0. The van der Waals surface area contributed by atoms with Crippen molar-refractivity contribution in [2.75, 3.05) is 11.1 Å². The van der Waals surface area contributed by atoms with Gasteiger partial charge in [-0.25, -0.2) is 9.97 Å². The van der Waals surface area contributed by atoms with E-state index < -0.39 is 0 Å². The molecule has 0 radical (unpaired) electrons. The van der Waals surface area contributed by atoms with Gasteiger partial charge in [0.25, 0.3) is 0 Å². The molecule has 0 unspecified atom stereocenters. The second-order valence-electron chi connectivity index (χ2n) is 7.32. The number of rotatable bonds is 4. The molecule has 32 heavy (non-hydrogen) atoms. The topological polar surface area (TPSA) is 96.5 Å². The number of thioether (sulfide) groups is 1. The highest BCUT2D eigenvalue weighted by Gasteiger charge is 2.14. The van der Waals surface area contributed by atoms with Crippen LogP contribution in [-0.2, 0) is 4.79 Å². The number of carbonyl (C=O) groups is 1. The number of fused-ring (bicyclic) bond motifs is 5. The molecule has 1 amide bonds. The molecule has 3 aromatic carbocycles. The Kier molecular flexibility index (Phi) is 4.43. The van der Waals surface area contributed by atoms with Crippen LogP contribution < -0.4 is 5.32 Å². The second kappa shape index (κ2) is 7.58. The Morgan fingerprint density at radius 3 is 2.22 bits per heavy atom. The van der Waals surface area contributed by atoms with E-state index >= 15 is 0 Å². The number of aromatic nitrogens is 5. The third kappa shape index (κ3) is 3.21. The lowest BCUT2D eigenvalue weighted by atomic mass is 10.1. The predicted octanol–water partition coefficient (Wildman–Crippen LogP) is 4.94. The van der Waals surface area contributed by atoms with Gasteiger partial charge in [0, 0.05) is 21.7 Å². The number of carbonyl (C=O) groups excluding carboxylic acids is 1. The fourth-order valence-corrected chi connectivity index (χ4v) is 4.43. The second-order valence-corrected chi connectivity index (χ2v) is 8.26. The Morgan fingerprint density at radius 1 is 0.812 bits per heavy atom. The summed E-state index contributed by atoms with van der Waals surface area (Å²) in [5.41, 5.74) is 4.79. The highest BCUT2D eigenvalue weighted by Crippen LogP contribution is 2.31. The zero-order chi connectivity index (χ0) is 21.5. The van der Waals surface area contributed by atoms with Gasteiger partial charge in [0.05, 0.1) is 22.5 Å². The van der Waals surface area contributed by atoms with E-state index in [2.05, 4.69) is 25.5 Å². The standard InChI is InChI=1S/C24H16N6OS/c31-20(13-32-24-28-23-22(29-30-24)16-9-3-6-12-19(16)26-23)27-21-14-7-1-4-10-17(14)25-18-11-5-2-8-15(18)21/h1-12H,13H2,(H,25,27,31)(H,26,28,30). The number of H-pyrrole nitrogens is 1. The van der Waals surface area contributed by atoms with Crippen LogP contribution in [0, 0.1) is 0 Å². The molecule has 0 saturated heterocycles. The van der Waals surface area contributed by atoms with E-state index in [1.807, 2.05) is 72.8 Å². The van der Waals surface area contributed by atoms with Gasteiger partial charge in [-0.3, -0.25) is 4.79 Å². The molecular weight excluding hydrogens is 420 g/mol. The van der Waals surface area contributed by atoms with Crippen molar-refractivity contribution in [1.29, 1.82) is 0 Å². The average molecular weight is 437 g/mol. The van der Waals surface area contributed by atoms with Gasteiger partial charge < -0.3 is 10.3 Å². The average Bonchev–Trinajstić information content (AvgIpc) is 3.20. The van der Waals surface area contributed by atoms with Gasteiger partial charge in [-0.15, -0.1) is 10.2 Å². The molecule has 6 aromatic rings. The summed E-state index contributed by atoms with van der Waals surface area (Å²) in [5.74, 6) is 0.0233. The van der Waals surface area contributed by atoms with Crippen LogP contribution in [0.15, 0.2) is 78.0 Å². The molecule has 3 aromatic heterocycles. The van der Waals surface area contributed by atoms with E-state index in [1.165, 1.54) is 11.8 Å². The fourth-order valence-electron chi connectivity index (χ4n) is 3.85. The van der Waals surface area contributed by atoms with E-state index in [-0.39, 0.29) is 11.7 Å². The Morgan fingerprint density at radius 2 is 1.47 bits per heavy atom. The van der Waals surface area contributed by atoms with Crippen molar-refractivity contribution in [2.45, 2.75) is 5.16 Å². The molecule has 0 saturated carbocycles. The quantitative estimate of drug-likeness (QED) is 0.300. The number of benzene rings is 3. The summed E-state index contributed by atoms with van der Waals surface area (Å²) in [7, 11) is 0. The molecule has 0 aliphatic heterocycles. The molecular formula is C24H16N6OS. The summed E-state index contributed by atoms with van der Waals surface area (Å²) in [5, 5.41) is 14.8. The largest absolute Gasteiger partial charge is 0.338 e. The summed E-state index contributed by atoms with van der Waals surface area (Å²) in [6.07, 6.45) is 0. The van der Waals surface area contributed by atoms with Gasteiger partial charge >= 0.3 is 0 Å². The van der Waals surface area contributed by atoms with Crippen molar-refractivity contribution >= 4 is 67.2 Å². The molecule has 0 spiro atoms. The number of hydrogen-bond donors (Lipinski definition) is 2. The Labute approximate surface area is 186 Å². The number of anilines is 1. The maximum Gasteiger partial charge on any atom is 0.234 e. The number of nitrogens with one attached hydrogen (secondary N) is 2. The van der Waals surface area contributed by atoms with Crippen molar-refractivity contribution in [3.63, 3.8) is 0 Å². The monoisotopic (exact) mass is 436 g/mol. The molecule has 0 bridgehead atoms. The highest BCUT2D eigenvalue weighted by atomic mass is 32.2. The van der Waals surface area contributed by atoms with Crippen molar-refractivity contribution in [3.05, 3.63) is 72.8 Å². The summed E-state index contributed by atoms with van der Waals surface area (Å²) in [4.78, 5) is 25.3. The van der Waals surface area contributed by atoms with E-state index in [9.17, 15) is 4.79 Å². The Hall–Kier alpha value is -4.04. The van der Waals surface area contributed by atoms with Crippen molar-refractivity contribution < 1.29 is 4.79 Å². The zero-order valence-electron chi connectivity index (χ0n) is 16.7. The molecule has 154 valence electrons. The third-order valence-electron chi connectivity index (χ3n) is 5.29. The van der Waals surface area contributed by atoms with Crippen LogP contribution in [0.4, 0.5) is 5.69 Å². The van der Waals surface area contributed by atoms with Gasteiger partial charge in [-0.2, -0.15) is 0 Å². The van der Waals surface area contributed by atoms with Gasteiger partial charge in [-0.05, 0) is 18.2 Å². The first-order valence-electron chi connectivity index (χ1n) is 10.1. The normalized spacial score (nSPS) is 11.5. The molecule has 8 heteroatoms. The van der Waals surface area contributed by atoms with Crippen molar-refractivity contribution in [3.8, 4) is 0 Å². The number of para-hydroxylation sites is 3. The number of aromatic amines is 1. The minimum absolute atomic E-state index is 0.142. The smallest absolute Gasteiger partial charge is 0.234 e. The maximum atomic E-state index is 12.8. The Bertz CT molecular complexity index is 1590. The number of amides is 1. The van der Waals surface area contributed by atoms with Gasteiger partial charge in [0.2, 0.25) is 11.1 Å². The molecule has 0 fully saturated rings. The van der Waals surface area contributed by atoms with Gasteiger partial charge in [0.1, 0.15) is 5.52 Å². The SMILES string of the molecule is O=C(CSc1nnc2c(n1)[nH]c1ccccc12)Nc1c2ccccc2nc2ccccc12. The Balaban J connectivity index is 1.27. The van der Waals surface area contributed by atoms with E-state index in [1.54, 1.807) is 0 Å². The summed E-state index contributed by atoms with van der Waals surface area (Å²) >= 11 is 1.25. The van der Waals surface area contributed by atoms with Crippen LogP contribution in [0.25, 0.3) is 43.9 Å². The summed E-state index contributed by atoms with van der Waals surface area (Å²) in [6.45, 7) is 0. The maximum absolute atomic E-state index is 12.8. The molecule has 2 N–H and O–H groups in total. The fraction of sp³-hybridized carbons (Fsp3) is 0.0417. The molecule has 0 atom stereocenters. The first-order valence-corrected chi connectivity index (χ1v) is 11.1. The van der Waals surface area contributed by atoms with Crippen LogP contribution in [0.5, 0.6) is 0 Å². The lowest BCUT2D eigenvalue weighted by Gasteiger charge is -2.12. The van der Waals surface area contributed by atoms with Crippen molar-refractivity contribution in [2.24, 2.45) is 0 Å². The molecule has 0 aliphatic rings. The zero-order valence-corrected chi connectivity index (χ0v) is 17.6. The lowest BCUT2D eigenvalue weighted by Crippen LogP contribution is -2.15. The van der Waals surface area contributed by atoms with Crippen LogP contribution in [0.3, 0.4) is 0 Å². The third-order valence-corrected chi connectivity index (χ3v) is 6.12. The summed E-state index contributed by atoms with van der Waals surface area (Å²) in [6, 6.07) is 23.5. The molecule has 0 aliphatic carbocycles. The first kappa shape index (κ1) is 18.7. The lowest BCUT2D eigenvalue weighted by molar-refractivity contribution is -0.113. The van der Waals surface area contributed by atoms with E-state index in [0.717, 1.165) is 43.9 Å². The van der Waals surface area contributed by atoms with Crippen LogP contribution in [-0.4, -0.2) is 36.8 Å². The predicted molar refractivity (Wildman–Crippen MR) is 128 cm³/mol. The van der Waals surface area contributed by atoms with Crippen LogP contribution in [0.1, 0.15) is 0 Å². The van der Waals surface area contributed by atoms with Gasteiger partial charge in [0.15, 0.2) is 5.65 Å². The number of hydrogen-bond acceptors (Lipinski definition) is 6. The van der Waals surface area contributed by atoms with Gasteiger partial charge in [-0.1, -0.05) is 66.4 Å². The minimum atomic E-state index is -0.142. The first-order chi connectivity index (χ1) is 15.8. The van der Waals surface area contributed by atoms with Crippen LogP contribution >= 0.6 is 11.8 Å². The van der Waals surface area contributed by atoms with E-state index in [0.29, 0.717) is 10.8 Å². The van der Waals surface area contributed by atoms with Crippen molar-refractivity contribution in [1.82, 2.24) is 25.1 Å². The molecule has 3 heterocycles. The molecule has 7 nitrogen and oxygen atoms in total. The van der Waals surface area contributed by atoms with Crippen LogP contribution in [0.2, 0.25) is 0 Å². The highest BCUT2D eigenvalue weighted by molar-refractivity contribution is 7.99. The number of nitrogens with zero attached hydrogens (tertiary/aromatic N) is 4. The molecule has 6 rings (SSSR count). The number of pyridine rings is 1.